The van der Waals surface area contributed by atoms with Gasteiger partial charge in [-0.2, -0.15) is 0 Å². The molecule has 2 heterocycles. The summed E-state index contributed by atoms with van der Waals surface area (Å²) in [7, 11) is -1.41. The zero-order valence-corrected chi connectivity index (χ0v) is 41.8. The quantitative estimate of drug-likeness (QED) is 0.106. The van der Waals surface area contributed by atoms with E-state index in [4.69, 9.17) is 0 Å². The second-order valence-corrected chi connectivity index (χ2v) is 25.8. The van der Waals surface area contributed by atoms with Gasteiger partial charge in [-0.1, -0.05) is 204 Å². The van der Waals surface area contributed by atoms with E-state index in [0.717, 1.165) is 39.6 Å². The van der Waals surface area contributed by atoms with Gasteiger partial charge in [0.1, 0.15) is 0 Å². The highest BCUT2D eigenvalue weighted by molar-refractivity contribution is 6.88. The van der Waals surface area contributed by atoms with Crippen LogP contribution in [0.15, 0.2) is 218 Å². The van der Waals surface area contributed by atoms with E-state index < -0.39 is 8.07 Å². The van der Waals surface area contributed by atoms with E-state index in [-0.39, 0.29) is 10.8 Å². The molecule has 0 bridgehead atoms. The first-order valence-electron chi connectivity index (χ1n) is 24.3. The van der Waals surface area contributed by atoms with Gasteiger partial charge < -0.3 is 14.7 Å². The number of hydrogen-bond acceptors (Lipinski definition) is 3. The molecular formula is C65H59N3Si. The molecule has 0 saturated heterocycles. The van der Waals surface area contributed by atoms with Crippen molar-refractivity contribution in [2.45, 2.75) is 58.2 Å². The normalized spacial score (nSPS) is 14.4. The number of rotatable bonds is 9. The van der Waals surface area contributed by atoms with Crippen LogP contribution in [0.5, 0.6) is 0 Å². The Bertz CT molecular complexity index is 3310. The van der Waals surface area contributed by atoms with Crippen LogP contribution in [0, 0.1) is 0 Å². The van der Waals surface area contributed by atoms with Crippen molar-refractivity contribution in [2.75, 3.05) is 14.7 Å². The molecule has 338 valence electrons. The van der Waals surface area contributed by atoms with Gasteiger partial charge in [-0.15, -0.1) is 0 Å². The second kappa shape index (κ2) is 17.1. The monoisotopic (exact) mass is 909 g/mol. The van der Waals surface area contributed by atoms with Gasteiger partial charge in [0.05, 0.1) is 30.8 Å². The van der Waals surface area contributed by atoms with Crippen LogP contribution in [-0.4, -0.2) is 8.07 Å². The van der Waals surface area contributed by atoms with Gasteiger partial charge in [0, 0.05) is 39.3 Å². The summed E-state index contributed by atoms with van der Waals surface area (Å²) in [5.41, 5.74) is 20.0. The Hall–Kier alpha value is -7.66. The Labute approximate surface area is 410 Å². The van der Waals surface area contributed by atoms with Crippen molar-refractivity contribution in [1.29, 1.82) is 0 Å². The molecule has 0 aromatic heterocycles. The van der Waals surface area contributed by atoms with Crippen molar-refractivity contribution in [1.82, 2.24) is 0 Å². The summed E-state index contributed by atoms with van der Waals surface area (Å²) < 4.78 is 0. The fourth-order valence-electron chi connectivity index (χ4n) is 10.7. The van der Waals surface area contributed by atoms with Gasteiger partial charge in [0.15, 0.2) is 0 Å². The van der Waals surface area contributed by atoms with E-state index >= 15 is 0 Å². The third-order valence-corrected chi connectivity index (χ3v) is 16.6. The SMILES string of the molecule is CC1(C)c2ccc(/C=C/c3ccc4c(c3)N(c3ccccc3)c3cc(N(c5ccccc5)c5ccccc5)ccc3C4(C)C)cc2N(c2ccccc2)c2cc(-c3ccc([Si](C)(C)C)cc3)ccc21. The van der Waals surface area contributed by atoms with Crippen molar-refractivity contribution < 1.29 is 0 Å². The molecule has 9 aromatic rings. The summed E-state index contributed by atoms with van der Waals surface area (Å²) >= 11 is 0. The van der Waals surface area contributed by atoms with E-state index in [0.29, 0.717) is 0 Å². The molecule has 0 unspecified atom stereocenters. The smallest absolute Gasteiger partial charge is 0.0775 e. The molecule has 2 aliphatic rings. The van der Waals surface area contributed by atoms with Crippen LogP contribution in [0.4, 0.5) is 51.2 Å². The van der Waals surface area contributed by atoms with E-state index in [1.54, 1.807) is 0 Å². The van der Waals surface area contributed by atoms with Crippen molar-refractivity contribution in [3.05, 3.63) is 252 Å². The summed E-state index contributed by atoms with van der Waals surface area (Å²) in [5.74, 6) is 0. The van der Waals surface area contributed by atoms with Gasteiger partial charge in [0.25, 0.3) is 0 Å². The fraction of sp³-hybridized carbons (Fsp3) is 0.138. The maximum Gasteiger partial charge on any atom is 0.0775 e. The molecule has 0 aliphatic carbocycles. The van der Waals surface area contributed by atoms with Crippen LogP contribution in [0.2, 0.25) is 19.6 Å². The van der Waals surface area contributed by atoms with Crippen LogP contribution in [-0.2, 0) is 10.8 Å². The van der Waals surface area contributed by atoms with Gasteiger partial charge >= 0.3 is 0 Å². The van der Waals surface area contributed by atoms with Gasteiger partial charge in [-0.25, -0.2) is 0 Å². The number of nitrogens with zero attached hydrogens (tertiary/aromatic N) is 3. The molecular weight excluding hydrogens is 851 g/mol. The number of benzene rings is 9. The van der Waals surface area contributed by atoms with E-state index in [1.807, 2.05) is 0 Å². The molecule has 2 aliphatic heterocycles. The number of fused-ring (bicyclic) bond motifs is 4. The lowest BCUT2D eigenvalue weighted by atomic mass is 9.72. The Morgan fingerprint density at radius 2 is 0.739 bits per heavy atom. The van der Waals surface area contributed by atoms with Crippen molar-refractivity contribution in [2.24, 2.45) is 0 Å². The number of anilines is 9. The molecule has 0 atom stereocenters. The minimum absolute atomic E-state index is 0.208. The zero-order valence-electron chi connectivity index (χ0n) is 40.8. The highest BCUT2D eigenvalue weighted by Gasteiger charge is 2.39. The molecule has 4 heteroatoms. The average molecular weight is 910 g/mol. The minimum atomic E-state index is -1.41. The lowest BCUT2D eigenvalue weighted by Gasteiger charge is -2.43. The summed E-state index contributed by atoms with van der Waals surface area (Å²) in [4.78, 5) is 7.30. The first-order chi connectivity index (χ1) is 33.4. The third kappa shape index (κ3) is 7.89. The Morgan fingerprint density at radius 1 is 0.362 bits per heavy atom. The Kier molecular flexibility index (Phi) is 10.9. The topological polar surface area (TPSA) is 9.72 Å². The first-order valence-corrected chi connectivity index (χ1v) is 27.8. The molecule has 0 spiro atoms. The third-order valence-electron chi connectivity index (χ3n) is 14.5. The Balaban J connectivity index is 0.994. The standard InChI is InChI=1S/C65H59N3Si/c1-64(2)56-38-30-46(42-60(56)67(52-24-16-10-17-25-52)62-44-49(34-40-58(62)64)48-32-36-55(37-33-48)69(5,6)7)28-29-47-31-39-57-61(43-47)68(53-26-18-11-19-27-53)63-45-54(35-41-59(63)65(57,3)4)66(50-20-12-8-13-21-50)51-22-14-9-15-23-51/h8-45H,1-7H3/b29-28+. The summed E-state index contributed by atoms with van der Waals surface area (Å²) in [6, 6.07) is 80.5. The molecule has 0 radical (unpaired) electrons. The maximum absolute atomic E-state index is 2.48. The maximum atomic E-state index is 2.48. The number of hydrogen-bond donors (Lipinski definition) is 0. The summed E-state index contributed by atoms with van der Waals surface area (Å²) in [6.45, 7) is 16.7. The highest BCUT2D eigenvalue weighted by atomic mass is 28.3. The Morgan fingerprint density at radius 3 is 1.19 bits per heavy atom. The van der Waals surface area contributed by atoms with Gasteiger partial charge in [-0.05, 0) is 123 Å². The van der Waals surface area contributed by atoms with Crippen LogP contribution in [0.25, 0.3) is 23.3 Å². The lowest BCUT2D eigenvalue weighted by Crippen LogP contribution is -2.37. The second-order valence-electron chi connectivity index (χ2n) is 20.7. The van der Waals surface area contributed by atoms with E-state index in [9.17, 15) is 0 Å². The van der Waals surface area contributed by atoms with Crippen LogP contribution >= 0.6 is 0 Å². The van der Waals surface area contributed by atoms with Crippen molar-refractivity contribution >= 4 is 76.6 Å². The van der Waals surface area contributed by atoms with Crippen molar-refractivity contribution in [3.8, 4) is 11.1 Å². The number of para-hydroxylation sites is 4. The average Bonchev–Trinajstić information content (AvgIpc) is 3.37. The van der Waals surface area contributed by atoms with E-state index in [2.05, 4.69) is 293 Å². The molecule has 3 nitrogen and oxygen atoms in total. The molecule has 9 aromatic carbocycles. The molecule has 0 N–H and O–H groups in total. The highest BCUT2D eigenvalue weighted by Crippen LogP contribution is 2.55. The molecule has 11 rings (SSSR count). The van der Waals surface area contributed by atoms with Crippen LogP contribution in [0.3, 0.4) is 0 Å². The summed E-state index contributed by atoms with van der Waals surface area (Å²) in [5, 5.41) is 1.48. The van der Waals surface area contributed by atoms with Gasteiger partial charge in [0.2, 0.25) is 0 Å². The lowest BCUT2D eigenvalue weighted by molar-refractivity contribution is 0.631. The molecule has 69 heavy (non-hydrogen) atoms. The predicted octanol–water partition coefficient (Wildman–Crippen LogP) is 17.8. The predicted molar refractivity (Wildman–Crippen MR) is 299 cm³/mol. The van der Waals surface area contributed by atoms with Crippen molar-refractivity contribution in [3.63, 3.8) is 0 Å². The van der Waals surface area contributed by atoms with Crippen LogP contribution < -0.4 is 19.9 Å². The van der Waals surface area contributed by atoms with E-state index in [1.165, 1.54) is 61.3 Å². The van der Waals surface area contributed by atoms with Gasteiger partial charge in [-0.3, -0.25) is 0 Å². The largest absolute Gasteiger partial charge is 0.310 e. The zero-order chi connectivity index (χ0) is 47.5. The minimum Gasteiger partial charge on any atom is -0.310 e. The fourth-order valence-corrected chi connectivity index (χ4v) is 11.9. The molecule has 0 saturated carbocycles. The molecule has 0 amide bonds. The molecule has 0 fully saturated rings. The first kappa shape index (κ1) is 43.9. The van der Waals surface area contributed by atoms with Crippen LogP contribution in [0.1, 0.15) is 61.1 Å². The summed E-state index contributed by atoms with van der Waals surface area (Å²) in [6.07, 6.45) is 4.57.